The van der Waals surface area contributed by atoms with Crippen molar-refractivity contribution in [2.24, 2.45) is 0 Å². The van der Waals surface area contributed by atoms with Crippen molar-refractivity contribution in [1.29, 1.82) is 0 Å². The van der Waals surface area contributed by atoms with Crippen LogP contribution in [-0.2, 0) is 14.6 Å². The quantitative estimate of drug-likeness (QED) is 0.677. The van der Waals surface area contributed by atoms with Crippen molar-refractivity contribution in [1.82, 2.24) is 4.72 Å². The molecule has 0 aliphatic heterocycles. The molecule has 2 aromatic rings. The molecule has 0 spiro atoms. The number of halogens is 1. The molecule has 24 heavy (non-hydrogen) atoms. The average molecular weight is 392 g/mol. The number of benzene rings is 2. The largest absolute Gasteiger partial charge is 0.343 e. The summed E-state index contributed by atoms with van der Waals surface area (Å²) in [5.74, 6) is -1.50. The number of rotatable bonds is 5. The van der Waals surface area contributed by atoms with Crippen LogP contribution in [0.25, 0.3) is 11.1 Å². The van der Waals surface area contributed by atoms with E-state index < -0.39 is 23.4 Å². The molecule has 9 heteroatoms. The molecule has 0 heterocycles. The fraction of sp³-hybridized carbons (Fsp3) is 0.200. The molecule has 0 saturated carbocycles. The Balaban J connectivity index is 0.00000288. The van der Waals surface area contributed by atoms with Crippen LogP contribution >= 0.6 is 19.2 Å². The van der Waals surface area contributed by atoms with Gasteiger partial charge in [-0.1, -0.05) is 43.3 Å². The van der Waals surface area contributed by atoms with E-state index in [1.807, 2.05) is 4.72 Å². The van der Waals surface area contributed by atoms with Crippen molar-refractivity contribution < 1.29 is 22.8 Å². The van der Waals surface area contributed by atoms with Crippen molar-refractivity contribution in [2.75, 3.05) is 0 Å². The number of hydrogen-bond acceptors (Lipinski definition) is 3. The number of nitrogens with one attached hydrogen (secondary N) is 1. The van der Waals surface area contributed by atoms with Gasteiger partial charge in [-0.25, -0.2) is 8.42 Å². The van der Waals surface area contributed by atoms with E-state index in [4.69, 9.17) is 21.4 Å². The van der Waals surface area contributed by atoms with Gasteiger partial charge in [0.1, 0.15) is 5.78 Å². The minimum Gasteiger partial charge on any atom is -0.323 e. The molecular weight excluding hydrogens is 373 g/mol. The summed E-state index contributed by atoms with van der Waals surface area (Å²) >= 11 is 5.82. The van der Waals surface area contributed by atoms with Gasteiger partial charge in [0.15, 0.2) is 0 Å². The maximum Gasteiger partial charge on any atom is 0.343 e. The summed E-state index contributed by atoms with van der Waals surface area (Å²) in [4.78, 5) is 17.9. The molecule has 0 fully saturated rings. The first kappa shape index (κ1) is 20.8. The van der Waals surface area contributed by atoms with Gasteiger partial charge in [-0.15, -0.1) is 0 Å². The van der Waals surface area contributed by atoms with Gasteiger partial charge in [0.05, 0.1) is 4.90 Å². The molecule has 0 aromatic heterocycles. The van der Waals surface area contributed by atoms with Crippen LogP contribution in [0.3, 0.4) is 0 Å². The molecule has 0 aliphatic rings. The smallest absolute Gasteiger partial charge is 0.323 e. The zero-order chi connectivity index (χ0) is 17.3. The second-order valence-electron chi connectivity index (χ2n) is 4.92. The van der Waals surface area contributed by atoms with E-state index in [-0.39, 0.29) is 12.3 Å². The lowest BCUT2D eigenvalue weighted by Crippen LogP contribution is -2.32. The second kappa shape index (κ2) is 7.78. The molecule has 1 atom stereocenters. The molecule has 132 valence electrons. The van der Waals surface area contributed by atoms with Crippen LogP contribution in [0.2, 0.25) is 5.02 Å². The van der Waals surface area contributed by atoms with E-state index in [1.165, 1.54) is 12.1 Å². The third kappa shape index (κ3) is 5.14. The molecule has 0 saturated heterocycles. The van der Waals surface area contributed by atoms with Crippen molar-refractivity contribution in [3.63, 3.8) is 0 Å². The first-order valence-electron chi connectivity index (χ1n) is 6.53. The van der Waals surface area contributed by atoms with Gasteiger partial charge in [0, 0.05) is 5.02 Å². The maximum atomic E-state index is 12.1. The van der Waals surface area contributed by atoms with Crippen LogP contribution in [0.5, 0.6) is 0 Å². The molecule has 0 amide bonds. The highest BCUT2D eigenvalue weighted by Crippen LogP contribution is 2.39. The first-order chi connectivity index (χ1) is 10.6. The molecule has 0 radical (unpaired) electrons. The van der Waals surface area contributed by atoms with Crippen LogP contribution in [0.1, 0.15) is 14.4 Å². The zero-order valence-corrected chi connectivity index (χ0v) is 14.5. The second-order valence-corrected chi connectivity index (χ2v) is 9.02. The minimum absolute atomic E-state index is 0. The third-order valence-electron chi connectivity index (χ3n) is 3.17. The Bertz CT molecular complexity index is 831. The van der Waals surface area contributed by atoms with Gasteiger partial charge < -0.3 is 9.79 Å². The molecule has 0 aliphatic carbocycles. The van der Waals surface area contributed by atoms with Crippen LogP contribution in [0.4, 0.5) is 0 Å². The Kier molecular flexibility index (Phi) is 6.75. The van der Waals surface area contributed by atoms with E-state index >= 15 is 0 Å². The van der Waals surface area contributed by atoms with Gasteiger partial charge in [-0.2, -0.15) is 4.72 Å². The molecule has 3 N–H and O–H groups in total. The van der Waals surface area contributed by atoms with E-state index in [0.717, 1.165) is 18.1 Å². The maximum absolute atomic E-state index is 12.1. The summed E-state index contributed by atoms with van der Waals surface area (Å²) < 4.78 is 37.3. The molecular formula is C15H19ClNO5PS. The van der Waals surface area contributed by atoms with E-state index in [0.29, 0.717) is 5.02 Å². The highest BCUT2D eigenvalue weighted by molar-refractivity contribution is 7.89. The topological polar surface area (TPSA) is 104 Å². The Hall–Kier alpha value is -1.21. The van der Waals surface area contributed by atoms with Gasteiger partial charge in [-0.05, 0) is 42.3 Å². The third-order valence-corrected chi connectivity index (χ3v) is 6.29. The zero-order valence-electron chi connectivity index (χ0n) is 12.0. The highest BCUT2D eigenvalue weighted by atomic mass is 35.5. The monoisotopic (exact) mass is 391 g/mol. The standard InChI is InChI=1S/C14H15ClNO5PS.CH4/c1-10(22(17,18)19)16-23(20,21)14-8-4-12(5-9-14)11-2-6-13(15)7-3-11;/h2-10,16H,1H3,(H2,17,18,19);1H4. The van der Waals surface area contributed by atoms with Gasteiger partial charge in [-0.3, -0.25) is 4.57 Å². The lowest BCUT2D eigenvalue weighted by molar-refractivity contribution is 0.357. The molecule has 2 aromatic carbocycles. The minimum atomic E-state index is -4.54. The van der Waals surface area contributed by atoms with Crippen LogP contribution in [-0.4, -0.2) is 24.0 Å². The number of sulfonamides is 1. The summed E-state index contributed by atoms with van der Waals surface area (Å²) in [6, 6.07) is 13.0. The van der Waals surface area contributed by atoms with Crippen molar-refractivity contribution in [3.05, 3.63) is 53.6 Å². The normalized spacial score (nSPS) is 13.2. The van der Waals surface area contributed by atoms with E-state index in [2.05, 4.69) is 0 Å². The van der Waals surface area contributed by atoms with Crippen molar-refractivity contribution in [3.8, 4) is 11.1 Å². The predicted molar refractivity (Wildman–Crippen MR) is 95.4 cm³/mol. The summed E-state index contributed by atoms with van der Waals surface area (Å²) in [6.45, 7) is 1.11. The van der Waals surface area contributed by atoms with Crippen molar-refractivity contribution >= 4 is 29.2 Å². The van der Waals surface area contributed by atoms with Gasteiger partial charge in [0.2, 0.25) is 10.0 Å². The van der Waals surface area contributed by atoms with E-state index in [1.54, 1.807) is 36.4 Å². The van der Waals surface area contributed by atoms with E-state index in [9.17, 15) is 13.0 Å². The summed E-state index contributed by atoms with van der Waals surface area (Å²) in [7, 11) is -8.55. The highest BCUT2D eigenvalue weighted by Gasteiger charge is 2.29. The van der Waals surface area contributed by atoms with Gasteiger partial charge >= 0.3 is 7.60 Å². The van der Waals surface area contributed by atoms with Gasteiger partial charge in [0.25, 0.3) is 0 Å². The SMILES string of the molecule is C.CC(NS(=O)(=O)c1ccc(-c2ccc(Cl)cc2)cc1)P(=O)(O)O. The Morgan fingerprint density at radius 1 is 1.00 bits per heavy atom. The Morgan fingerprint density at radius 3 is 1.83 bits per heavy atom. The lowest BCUT2D eigenvalue weighted by Gasteiger charge is -2.15. The summed E-state index contributed by atoms with van der Waals surface area (Å²) in [5, 5.41) is 0.601. The fourth-order valence-corrected chi connectivity index (χ4v) is 4.00. The predicted octanol–water partition coefficient (Wildman–Crippen LogP) is 3.45. The molecule has 6 nitrogen and oxygen atoms in total. The summed E-state index contributed by atoms with van der Waals surface area (Å²) in [6.07, 6.45) is 0. The fourth-order valence-electron chi connectivity index (χ4n) is 1.83. The lowest BCUT2D eigenvalue weighted by atomic mass is 10.1. The van der Waals surface area contributed by atoms with Crippen LogP contribution in [0, 0.1) is 0 Å². The average Bonchev–Trinajstić information content (AvgIpc) is 2.47. The Labute approximate surface area is 146 Å². The summed E-state index contributed by atoms with van der Waals surface area (Å²) in [5.41, 5.74) is 1.67. The first-order valence-corrected chi connectivity index (χ1v) is 10.1. The molecule has 2 rings (SSSR count). The Morgan fingerprint density at radius 2 is 1.42 bits per heavy atom. The molecule has 1 unspecified atom stereocenters. The molecule has 0 bridgehead atoms. The number of hydrogen-bond donors (Lipinski definition) is 3. The van der Waals surface area contributed by atoms with Crippen LogP contribution in [0.15, 0.2) is 53.4 Å². The van der Waals surface area contributed by atoms with Crippen molar-refractivity contribution in [2.45, 2.75) is 25.0 Å². The van der Waals surface area contributed by atoms with Crippen LogP contribution < -0.4 is 4.72 Å².